The van der Waals surface area contributed by atoms with Gasteiger partial charge in [-0.3, -0.25) is 14.9 Å². The number of nitrogens with zero attached hydrogens (tertiary/aromatic N) is 1. The van der Waals surface area contributed by atoms with Crippen LogP contribution in [-0.4, -0.2) is 10.9 Å². The van der Waals surface area contributed by atoms with Gasteiger partial charge in [-0.1, -0.05) is 35.1 Å². The van der Waals surface area contributed by atoms with E-state index in [-0.39, 0.29) is 11.0 Å². The lowest BCUT2D eigenvalue weighted by molar-refractivity contribution is 0.102. The van der Waals surface area contributed by atoms with Gasteiger partial charge in [0.1, 0.15) is 17.4 Å². The summed E-state index contributed by atoms with van der Waals surface area (Å²) in [7, 11) is 0. The van der Waals surface area contributed by atoms with E-state index in [9.17, 15) is 9.59 Å². The minimum absolute atomic E-state index is 0.0639. The lowest BCUT2D eigenvalue weighted by Gasteiger charge is -2.02. The standard InChI is InChI=1S/C17H9ClN2O3S/c18-9-5-6-12-14(7-9)24-17(19-12)20-16(22)11-8-23-13-4-2-1-3-10(13)15(11)21/h1-8H,(H,19,20,22). The van der Waals surface area contributed by atoms with Gasteiger partial charge in [0.2, 0.25) is 5.43 Å². The molecule has 24 heavy (non-hydrogen) atoms. The van der Waals surface area contributed by atoms with Gasteiger partial charge >= 0.3 is 0 Å². The highest BCUT2D eigenvalue weighted by molar-refractivity contribution is 7.22. The van der Waals surface area contributed by atoms with Gasteiger partial charge in [-0.25, -0.2) is 4.98 Å². The Hall–Kier alpha value is -2.70. The summed E-state index contributed by atoms with van der Waals surface area (Å²) in [4.78, 5) is 29.1. The van der Waals surface area contributed by atoms with Gasteiger partial charge in [0.15, 0.2) is 5.13 Å². The van der Waals surface area contributed by atoms with Crippen LogP contribution in [0, 0.1) is 0 Å². The first-order valence-electron chi connectivity index (χ1n) is 7.00. The molecule has 0 aliphatic rings. The molecule has 4 rings (SSSR count). The van der Waals surface area contributed by atoms with Crippen LogP contribution in [-0.2, 0) is 0 Å². The summed E-state index contributed by atoms with van der Waals surface area (Å²) in [5, 5.41) is 3.99. The highest BCUT2D eigenvalue weighted by Gasteiger charge is 2.16. The van der Waals surface area contributed by atoms with Crippen LogP contribution in [0.3, 0.4) is 0 Å². The first-order valence-corrected chi connectivity index (χ1v) is 8.19. The second-order valence-corrected chi connectivity index (χ2v) is 6.53. The van der Waals surface area contributed by atoms with Crippen LogP contribution in [0.2, 0.25) is 5.02 Å². The summed E-state index contributed by atoms with van der Waals surface area (Å²) < 4.78 is 6.21. The van der Waals surface area contributed by atoms with Crippen LogP contribution in [0.5, 0.6) is 0 Å². The van der Waals surface area contributed by atoms with Crippen molar-refractivity contribution in [2.45, 2.75) is 0 Å². The van der Waals surface area contributed by atoms with Gasteiger partial charge in [0, 0.05) is 5.02 Å². The molecule has 0 aliphatic carbocycles. The predicted molar refractivity (Wildman–Crippen MR) is 95.1 cm³/mol. The molecule has 2 heterocycles. The van der Waals surface area contributed by atoms with E-state index >= 15 is 0 Å². The Kier molecular flexibility index (Phi) is 3.55. The number of thiazole rings is 1. The smallest absolute Gasteiger partial charge is 0.264 e. The van der Waals surface area contributed by atoms with Gasteiger partial charge < -0.3 is 4.42 Å². The van der Waals surface area contributed by atoms with Crippen LogP contribution in [0.15, 0.2) is 57.9 Å². The van der Waals surface area contributed by atoms with E-state index in [0.717, 1.165) is 10.2 Å². The molecular weight excluding hydrogens is 348 g/mol. The predicted octanol–water partition coefficient (Wildman–Crippen LogP) is 4.31. The number of rotatable bonds is 2. The van der Waals surface area contributed by atoms with Crippen LogP contribution < -0.4 is 10.7 Å². The lowest BCUT2D eigenvalue weighted by Crippen LogP contribution is -2.21. The number of hydrogen-bond acceptors (Lipinski definition) is 5. The summed E-state index contributed by atoms with van der Waals surface area (Å²) in [6.45, 7) is 0. The number of nitrogens with one attached hydrogen (secondary N) is 1. The first kappa shape index (κ1) is 14.9. The first-order chi connectivity index (χ1) is 11.6. The molecule has 0 aliphatic heterocycles. The fourth-order valence-electron chi connectivity index (χ4n) is 2.35. The molecular formula is C17H9ClN2O3S. The molecule has 0 fully saturated rings. The lowest BCUT2D eigenvalue weighted by atomic mass is 10.1. The zero-order valence-corrected chi connectivity index (χ0v) is 13.6. The maximum Gasteiger partial charge on any atom is 0.264 e. The van der Waals surface area contributed by atoms with Crippen molar-refractivity contribution in [2.75, 3.05) is 5.32 Å². The van der Waals surface area contributed by atoms with Crippen molar-refractivity contribution >= 4 is 55.2 Å². The molecule has 0 bridgehead atoms. The quantitative estimate of drug-likeness (QED) is 0.581. The summed E-state index contributed by atoms with van der Waals surface area (Å²) in [5.41, 5.74) is 0.725. The fraction of sp³-hybridized carbons (Fsp3) is 0. The molecule has 0 atom stereocenters. The zero-order chi connectivity index (χ0) is 16.7. The van der Waals surface area contributed by atoms with E-state index in [1.165, 1.54) is 17.6 Å². The SMILES string of the molecule is O=C(Nc1nc2ccc(Cl)cc2s1)c1coc2ccccc2c1=O. The summed E-state index contributed by atoms with van der Waals surface area (Å²) in [6, 6.07) is 12.1. The van der Waals surface area contributed by atoms with E-state index < -0.39 is 5.91 Å². The number of anilines is 1. The molecule has 1 N–H and O–H groups in total. The van der Waals surface area contributed by atoms with E-state index in [1.54, 1.807) is 42.5 Å². The molecule has 0 saturated heterocycles. The second kappa shape index (κ2) is 5.74. The van der Waals surface area contributed by atoms with E-state index in [1.807, 2.05) is 0 Å². The summed E-state index contributed by atoms with van der Waals surface area (Å²) >= 11 is 7.23. The molecule has 1 amide bonds. The number of benzene rings is 2. The number of aromatic nitrogens is 1. The van der Waals surface area contributed by atoms with Crippen LogP contribution >= 0.6 is 22.9 Å². The number of carbonyl (C=O) groups is 1. The highest BCUT2D eigenvalue weighted by atomic mass is 35.5. The molecule has 2 aromatic carbocycles. The van der Waals surface area contributed by atoms with Gasteiger partial charge in [-0.15, -0.1) is 0 Å². The topological polar surface area (TPSA) is 72.2 Å². The Labute approximate surface area is 144 Å². The zero-order valence-electron chi connectivity index (χ0n) is 12.1. The normalized spacial score (nSPS) is 11.0. The van der Waals surface area contributed by atoms with Crippen LogP contribution in [0.25, 0.3) is 21.2 Å². The highest BCUT2D eigenvalue weighted by Crippen LogP contribution is 2.28. The minimum Gasteiger partial charge on any atom is -0.463 e. The summed E-state index contributed by atoms with van der Waals surface area (Å²) in [5.74, 6) is -0.556. The molecule has 0 spiro atoms. The Morgan fingerprint density at radius 3 is 2.92 bits per heavy atom. The van der Waals surface area contributed by atoms with Gasteiger partial charge in [-0.2, -0.15) is 0 Å². The number of carbonyl (C=O) groups excluding carboxylic acids is 1. The minimum atomic E-state index is -0.556. The van der Waals surface area contributed by atoms with Crippen molar-refractivity contribution in [3.05, 3.63) is 69.5 Å². The molecule has 118 valence electrons. The van der Waals surface area contributed by atoms with E-state index in [4.69, 9.17) is 16.0 Å². The largest absolute Gasteiger partial charge is 0.463 e. The number of hydrogen-bond donors (Lipinski definition) is 1. The number of para-hydroxylation sites is 1. The Balaban J connectivity index is 1.70. The maximum absolute atomic E-state index is 12.4. The second-order valence-electron chi connectivity index (χ2n) is 5.06. The number of amides is 1. The van der Waals surface area contributed by atoms with E-state index in [0.29, 0.717) is 21.1 Å². The Bertz CT molecular complexity index is 1150. The maximum atomic E-state index is 12.4. The Morgan fingerprint density at radius 1 is 1.21 bits per heavy atom. The third kappa shape index (κ3) is 2.55. The fourth-order valence-corrected chi connectivity index (χ4v) is 3.49. The molecule has 0 radical (unpaired) electrons. The average molecular weight is 357 g/mol. The van der Waals surface area contributed by atoms with Gasteiger partial charge in [0.25, 0.3) is 5.91 Å². The van der Waals surface area contributed by atoms with Crippen LogP contribution in [0.1, 0.15) is 10.4 Å². The molecule has 0 unspecified atom stereocenters. The molecule has 0 saturated carbocycles. The third-order valence-corrected chi connectivity index (χ3v) is 4.66. The monoisotopic (exact) mass is 356 g/mol. The van der Waals surface area contributed by atoms with Crippen molar-refractivity contribution in [1.29, 1.82) is 0 Å². The molecule has 2 aromatic heterocycles. The summed E-state index contributed by atoms with van der Waals surface area (Å²) in [6.07, 6.45) is 1.17. The molecule has 5 nitrogen and oxygen atoms in total. The molecule has 7 heteroatoms. The van der Waals surface area contributed by atoms with Crippen molar-refractivity contribution in [3.8, 4) is 0 Å². The Morgan fingerprint density at radius 2 is 2.04 bits per heavy atom. The van der Waals surface area contributed by atoms with Gasteiger partial charge in [0.05, 0.1) is 15.6 Å². The average Bonchev–Trinajstić information content (AvgIpc) is 2.96. The van der Waals surface area contributed by atoms with Crippen molar-refractivity contribution in [3.63, 3.8) is 0 Å². The number of fused-ring (bicyclic) bond motifs is 2. The van der Waals surface area contributed by atoms with Gasteiger partial charge in [-0.05, 0) is 30.3 Å². The van der Waals surface area contributed by atoms with Crippen molar-refractivity contribution in [2.24, 2.45) is 0 Å². The number of halogens is 1. The molecule has 4 aromatic rings. The van der Waals surface area contributed by atoms with Crippen molar-refractivity contribution < 1.29 is 9.21 Å². The van der Waals surface area contributed by atoms with Crippen LogP contribution in [0.4, 0.5) is 5.13 Å². The van der Waals surface area contributed by atoms with E-state index in [2.05, 4.69) is 10.3 Å². The van der Waals surface area contributed by atoms with Crippen molar-refractivity contribution in [1.82, 2.24) is 4.98 Å². The third-order valence-electron chi connectivity index (χ3n) is 3.50.